The SMILES string of the molecule is CCNC(CC1CCCc2ccccc21)c1cncnc1. The lowest BCUT2D eigenvalue weighted by Gasteiger charge is -2.29. The normalized spacial score (nSPS) is 19.0. The molecule has 0 spiro atoms. The minimum atomic E-state index is 0.340. The number of rotatable bonds is 5. The average Bonchev–Trinajstić information content (AvgIpc) is 2.55. The molecule has 1 aromatic heterocycles. The monoisotopic (exact) mass is 281 g/mol. The first-order valence-electron chi connectivity index (χ1n) is 7.94. The van der Waals surface area contributed by atoms with Gasteiger partial charge >= 0.3 is 0 Å². The van der Waals surface area contributed by atoms with Crippen LogP contribution in [0.25, 0.3) is 0 Å². The molecule has 2 unspecified atom stereocenters. The Hall–Kier alpha value is -1.74. The van der Waals surface area contributed by atoms with Crippen LogP contribution < -0.4 is 5.32 Å². The Morgan fingerprint density at radius 3 is 2.86 bits per heavy atom. The molecule has 3 heteroatoms. The zero-order valence-corrected chi connectivity index (χ0v) is 12.6. The first kappa shape index (κ1) is 14.2. The van der Waals surface area contributed by atoms with Crippen LogP contribution in [-0.4, -0.2) is 16.5 Å². The third-order valence-corrected chi connectivity index (χ3v) is 4.45. The van der Waals surface area contributed by atoms with Gasteiger partial charge in [0.1, 0.15) is 6.33 Å². The molecule has 0 amide bonds. The largest absolute Gasteiger partial charge is 0.310 e. The van der Waals surface area contributed by atoms with Crippen LogP contribution in [0.3, 0.4) is 0 Å². The highest BCUT2D eigenvalue weighted by atomic mass is 14.9. The van der Waals surface area contributed by atoms with Gasteiger partial charge in [0.25, 0.3) is 0 Å². The predicted octanol–water partition coefficient (Wildman–Crippen LogP) is 3.64. The van der Waals surface area contributed by atoms with Crippen molar-refractivity contribution in [3.8, 4) is 0 Å². The van der Waals surface area contributed by atoms with Gasteiger partial charge in [0, 0.05) is 24.0 Å². The van der Waals surface area contributed by atoms with Crippen molar-refractivity contribution in [3.05, 3.63) is 59.7 Å². The molecule has 0 bridgehead atoms. The molecule has 1 N–H and O–H groups in total. The van der Waals surface area contributed by atoms with Gasteiger partial charge in [-0.15, -0.1) is 0 Å². The van der Waals surface area contributed by atoms with E-state index in [1.807, 2.05) is 12.4 Å². The van der Waals surface area contributed by atoms with Crippen molar-refractivity contribution < 1.29 is 0 Å². The van der Waals surface area contributed by atoms with Crippen molar-refractivity contribution in [2.45, 2.75) is 44.6 Å². The Labute approximate surface area is 126 Å². The Kier molecular flexibility index (Phi) is 4.61. The summed E-state index contributed by atoms with van der Waals surface area (Å²) in [6.07, 6.45) is 10.4. The summed E-state index contributed by atoms with van der Waals surface area (Å²) >= 11 is 0. The van der Waals surface area contributed by atoms with Gasteiger partial charge in [0.2, 0.25) is 0 Å². The summed E-state index contributed by atoms with van der Waals surface area (Å²) < 4.78 is 0. The number of hydrogen-bond acceptors (Lipinski definition) is 3. The number of aromatic nitrogens is 2. The lowest BCUT2D eigenvalue weighted by molar-refractivity contribution is 0.424. The van der Waals surface area contributed by atoms with Crippen molar-refractivity contribution in [1.29, 1.82) is 0 Å². The summed E-state index contributed by atoms with van der Waals surface area (Å²) in [6.45, 7) is 3.12. The van der Waals surface area contributed by atoms with Crippen LogP contribution in [0, 0.1) is 0 Å². The third kappa shape index (κ3) is 3.30. The fourth-order valence-corrected chi connectivity index (χ4v) is 3.46. The van der Waals surface area contributed by atoms with Gasteiger partial charge < -0.3 is 5.32 Å². The number of benzene rings is 1. The van der Waals surface area contributed by atoms with E-state index in [-0.39, 0.29) is 0 Å². The van der Waals surface area contributed by atoms with Crippen molar-refractivity contribution in [1.82, 2.24) is 15.3 Å². The van der Waals surface area contributed by atoms with E-state index in [0.717, 1.165) is 13.0 Å². The van der Waals surface area contributed by atoms with E-state index in [0.29, 0.717) is 12.0 Å². The first-order valence-corrected chi connectivity index (χ1v) is 7.94. The summed E-state index contributed by atoms with van der Waals surface area (Å²) in [5.41, 5.74) is 4.28. The van der Waals surface area contributed by atoms with E-state index in [4.69, 9.17) is 0 Å². The summed E-state index contributed by atoms with van der Waals surface area (Å²) in [7, 11) is 0. The van der Waals surface area contributed by atoms with E-state index >= 15 is 0 Å². The number of aryl methyl sites for hydroxylation is 1. The minimum absolute atomic E-state index is 0.340. The molecule has 1 heterocycles. The molecule has 0 radical (unpaired) electrons. The van der Waals surface area contributed by atoms with E-state index in [2.05, 4.69) is 46.5 Å². The van der Waals surface area contributed by atoms with Crippen LogP contribution >= 0.6 is 0 Å². The second-order valence-electron chi connectivity index (χ2n) is 5.81. The van der Waals surface area contributed by atoms with Gasteiger partial charge in [-0.05, 0) is 49.3 Å². The van der Waals surface area contributed by atoms with E-state index in [1.165, 1.54) is 30.4 Å². The Morgan fingerprint density at radius 2 is 2.05 bits per heavy atom. The zero-order valence-electron chi connectivity index (χ0n) is 12.6. The lowest BCUT2D eigenvalue weighted by Crippen LogP contribution is -2.24. The molecule has 3 nitrogen and oxygen atoms in total. The number of fused-ring (bicyclic) bond motifs is 1. The highest BCUT2D eigenvalue weighted by molar-refractivity contribution is 5.33. The van der Waals surface area contributed by atoms with E-state index in [1.54, 1.807) is 11.9 Å². The maximum absolute atomic E-state index is 4.17. The zero-order chi connectivity index (χ0) is 14.5. The smallest absolute Gasteiger partial charge is 0.115 e. The highest BCUT2D eigenvalue weighted by Crippen LogP contribution is 2.37. The van der Waals surface area contributed by atoms with E-state index < -0.39 is 0 Å². The second-order valence-corrected chi connectivity index (χ2v) is 5.81. The number of nitrogens with one attached hydrogen (secondary N) is 1. The average molecular weight is 281 g/mol. The molecule has 2 aromatic rings. The number of hydrogen-bond donors (Lipinski definition) is 1. The standard InChI is InChI=1S/C18H23N3/c1-2-21-18(16-11-19-13-20-12-16)10-15-8-5-7-14-6-3-4-9-17(14)15/h3-4,6,9,11-13,15,18,21H,2,5,7-8,10H2,1H3. The molecule has 1 aliphatic rings. The Morgan fingerprint density at radius 1 is 1.24 bits per heavy atom. The molecule has 1 aromatic carbocycles. The molecular weight excluding hydrogens is 258 g/mol. The quantitative estimate of drug-likeness (QED) is 0.909. The summed E-state index contributed by atoms with van der Waals surface area (Å²) in [5.74, 6) is 0.638. The Bertz CT molecular complexity index is 568. The molecule has 0 aliphatic heterocycles. The van der Waals surface area contributed by atoms with Gasteiger partial charge in [-0.3, -0.25) is 0 Å². The number of nitrogens with zero attached hydrogens (tertiary/aromatic N) is 2. The van der Waals surface area contributed by atoms with E-state index in [9.17, 15) is 0 Å². The molecule has 2 atom stereocenters. The van der Waals surface area contributed by atoms with Gasteiger partial charge in [0.15, 0.2) is 0 Å². The molecule has 110 valence electrons. The van der Waals surface area contributed by atoms with Crippen LogP contribution in [-0.2, 0) is 6.42 Å². The maximum atomic E-state index is 4.17. The van der Waals surface area contributed by atoms with Crippen LogP contribution in [0.5, 0.6) is 0 Å². The highest BCUT2D eigenvalue weighted by Gasteiger charge is 2.23. The summed E-state index contributed by atoms with van der Waals surface area (Å²) in [4.78, 5) is 8.35. The second kappa shape index (κ2) is 6.81. The fourth-order valence-electron chi connectivity index (χ4n) is 3.46. The summed E-state index contributed by atoms with van der Waals surface area (Å²) in [6, 6.07) is 9.27. The molecular formula is C18H23N3. The van der Waals surface area contributed by atoms with Crippen LogP contribution in [0.1, 0.15) is 54.8 Å². The minimum Gasteiger partial charge on any atom is -0.310 e. The molecule has 1 aliphatic carbocycles. The van der Waals surface area contributed by atoms with Crippen molar-refractivity contribution in [2.24, 2.45) is 0 Å². The topological polar surface area (TPSA) is 37.8 Å². The van der Waals surface area contributed by atoms with Crippen LogP contribution in [0.4, 0.5) is 0 Å². The van der Waals surface area contributed by atoms with Gasteiger partial charge in [-0.25, -0.2) is 9.97 Å². The maximum Gasteiger partial charge on any atom is 0.115 e. The molecule has 0 fully saturated rings. The molecule has 0 saturated heterocycles. The molecule has 3 rings (SSSR count). The van der Waals surface area contributed by atoms with Gasteiger partial charge in [0.05, 0.1) is 0 Å². The van der Waals surface area contributed by atoms with Crippen molar-refractivity contribution in [2.75, 3.05) is 6.54 Å². The van der Waals surface area contributed by atoms with Crippen LogP contribution in [0.2, 0.25) is 0 Å². The lowest BCUT2D eigenvalue weighted by atomic mass is 9.79. The van der Waals surface area contributed by atoms with Crippen molar-refractivity contribution in [3.63, 3.8) is 0 Å². The Balaban J connectivity index is 1.81. The predicted molar refractivity (Wildman–Crippen MR) is 85.2 cm³/mol. The first-order chi connectivity index (χ1) is 10.4. The third-order valence-electron chi connectivity index (χ3n) is 4.45. The summed E-state index contributed by atoms with van der Waals surface area (Å²) in [5, 5.41) is 3.60. The fraction of sp³-hybridized carbons (Fsp3) is 0.444. The van der Waals surface area contributed by atoms with Crippen molar-refractivity contribution >= 4 is 0 Å². The van der Waals surface area contributed by atoms with Gasteiger partial charge in [-0.1, -0.05) is 31.2 Å². The molecule has 21 heavy (non-hydrogen) atoms. The van der Waals surface area contributed by atoms with Gasteiger partial charge in [-0.2, -0.15) is 0 Å². The molecule has 0 saturated carbocycles. The van der Waals surface area contributed by atoms with Crippen LogP contribution in [0.15, 0.2) is 43.0 Å².